The average molecular weight is 289 g/mol. The molecule has 20 heavy (non-hydrogen) atoms. The highest BCUT2D eigenvalue weighted by atomic mass is 35.5. The van der Waals surface area contributed by atoms with Crippen molar-refractivity contribution in [2.75, 3.05) is 0 Å². The molecule has 100 valence electrons. The lowest BCUT2D eigenvalue weighted by Crippen LogP contribution is -1.99. The Balaban J connectivity index is 1.87. The Morgan fingerprint density at radius 2 is 1.95 bits per heavy atom. The minimum atomic E-state index is -0.369. The molecule has 0 aliphatic heterocycles. The van der Waals surface area contributed by atoms with Gasteiger partial charge in [-0.25, -0.2) is 14.4 Å². The van der Waals surface area contributed by atoms with Crippen LogP contribution in [0.3, 0.4) is 0 Å². The van der Waals surface area contributed by atoms with Gasteiger partial charge in [0.05, 0.1) is 15.9 Å². The van der Waals surface area contributed by atoms with E-state index in [2.05, 4.69) is 9.97 Å². The third-order valence-electron chi connectivity index (χ3n) is 2.89. The van der Waals surface area contributed by atoms with Gasteiger partial charge < -0.3 is 4.74 Å². The Morgan fingerprint density at radius 3 is 2.80 bits per heavy atom. The summed E-state index contributed by atoms with van der Waals surface area (Å²) < 4.78 is 18.6. The lowest BCUT2D eigenvalue weighted by Gasteiger charge is -2.08. The van der Waals surface area contributed by atoms with Crippen molar-refractivity contribution in [3.8, 4) is 5.88 Å². The van der Waals surface area contributed by atoms with Crippen molar-refractivity contribution in [3.63, 3.8) is 0 Å². The number of rotatable bonds is 3. The van der Waals surface area contributed by atoms with Gasteiger partial charge in [0.25, 0.3) is 0 Å². The molecule has 0 radical (unpaired) electrons. The van der Waals surface area contributed by atoms with Crippen LogP contribution in [0.1, 0.15) is 5.56 Å². The highest BCUT2D eigenvalue weighted by Gasteiger charge is 2.07. The molecule has 3 nitrogen and oxygen atoms in total. The number of para-hydroxylation sites is 1. The first-order chi connectivity index (χ1) is 9.74. The molecule has 0 saturated carbocycles. The molecule has 1 aromatic heterocycles. The van der Waals surface area contributed by atoms with Crippen LogP contribution in [0.25, 0.3) is 10.9 Å². The van der Waals surface area contributed by atoms with Crippen LogP contribution in [0.2, 0.25) is 5.02 Å². The monoisotopic (exact) mass is 288 g/mol. The molecule has 3 rings (SSSR count). The number of aromatic nitrogens is 2. The highest BCUT2D eigenvalue weighted by molar-refractivity contribution is 6.31. The summed E-state index contributed by atoms with van der Waals surface area (Å²) in [7, 11) is 0. The topological polar surface area (TPSA) is 35.0 Å². The normalized spacial score (nSPS) is 10.7. The van der Waals surface area contributed by atoms with Crippen molar-refractivity contribution >= 4 is 22.5 Å². The standard InChI is InChI=1S/C15H10ClFN2O/c16-13-7-11(17)6-5-10(13)8-20-15-12-3-1-2-4-14(12)18-9-19-15/h1-7,9H,8H2. The number of benzene rings is 2. The van der Waals surface area contributed by atoms with Crippen molar-refractivity contribution < 1.29 is 9.13 Å². The number of hydrogen-bond acceptors (Lipinski definition) is 3. The summed E-state index contributed by atoms with van der Waals surface area (Å²) >= 11 is 5.96. The van der Waals surface area contributed by atoms with Gasteiger partial charge in [-0.2, -0.15) is 0 Å². The molecular formula is C15H10ClFN2O. The van der Waals surface area contributed by atoms with E-state index in [0.717, 1.165) is 10.9 Å². The quantitative estimate of drug-likeness (QED) is 0.730. The molecule has 0 aliphatic carbocycles. The second-order valence-corrected chi connectivity index (χ2v) is 4.63. The van der Waals surface area contributed by atoms with E-state index in [0.29, 0.717) is 16.5 Å². The maximum absolute atomic E-state index is 13.0. The molecule has 0 N–H and O–H groups in total. The Morgan fingerprint density at radius 1 is 1.10 bits per heavy atom. The van der Waals surface area contributed by atoms with Gasteiger partial charge in [-0.15, -0.1) is 0 Å². The van der Waals surface area contributed by atoms with Crippen LogP contribution in [0.5, 0.6) is 5.88 Å². The zero-order valence-corrected chi connectivity index (χ0v) is 11.1. The molecule has 0 atom stereocenters. The third-order valence-corrected chi connectivity index (χ3v) is 3.24. The van der Waals surface area contributed by atoms with Gasteiger partial charge in [0, 0.05) is 5.56 Å². The van der Waals surface area contributed by atoms with Gasteiger partial charge in [0.15, 0.2) is 0 Å². The summed E-state index contributed by atoms with van der Waals surface area (Å²) in [6.07, 6.45) is 1.45. The maximum Gasteiger partial charge on any atom is 0.224 e. The van der Waals surface area contributed by atoms with E-state index in [4.69, 9.17) is 16.3 Å². The summed E-state index contributed by atoms with van der Waals surface area (Å²) in [6, 6.07) is 11.8. The Kier molecular flexibility index (Phi) is 3.48. The number of hydrogen-bond donors (Lipinski definition) is 0. The van der Waals surface area contributed by atoms with E-state index >= 15 is 0 Å². The molecule has 0 saturated heterocycles. The zero-order valence-electron chi connectivity index (χ0n) is 10.4. The Hall–Kier alpha value is -2.20. The van der Waals surface area contributed by atoms with E-state index in [1.807, 2.05) is 24.3 Å². The summed E-state index contributed by atoms with van der Waals surface area (Å²) in [5, 5.41) is 1.16. The van der Waals surface area contributed by atoms with Crippen molar-refractivity contribution in [2.24, 2.45) is 0 Å². The molecule has 0 amide bonds. The lowest BCUT2D eigenvalue weighted by molar-refractivity contribution is 0.297. The average Bonchev–Trinajstić information content (AvgIpc) is 2.46. The number of fused-ring (bicyclic) bond motifs is 1. The first-order valence-corrected chi connectivity index (χ1v) is 6.38. The second-order valence-electron chi connectivity index (χ2n) is 4.22. The van der Waals surface area contributed by atoms with Crippen LogP contribution in [0.4, 0.5) is 4.39 Å². The fraction of sp³-hybridized carbons (Fsp3) is 0.0667. The predicted octanol–water partition coefficient (Wildman–Crippen LogP) is 4.00. The third kappa shape index (κ3) is 2.56. The van der Waals surface area contributed by atoms with Crippen LogP contribution < -0.4 is 4.74 Å². The SMILES string of the molecule is Fc1ccc(COc2ncnc3ccccc23)c(Cl)c1. The first-order valence-electron chi connectivity index (χ1n) is 6.00. The minimum absolute atomic E-state index is 0.222. The van der Waals surface area contributed by atoms with Crippen molar-refractivity contribution in [1.29, 1.82) is 0 Å². The second kappa shape index (κ2) is 5.43. The zero-order chi connectivity index (χ0) is 13.9. The summed E-state index contributed by atoms with van der Waals surface area (Å²) in [6.45, 7) is 0.222. The largest absolute Gasteiger partial charge is 0.472 e. The molecule has 0 fully saturated rings. The van der Waals surface area contributed by atoms with Gasteiger partial charge >= 0.3 is 0 Å². The van der Waals surface area contributed by atoms with Crippen molar-refractivity contribution in [2.45, 2.75) is 6.61 Å². The van der Waals surface area contributed by atoms with Crippen LogP contribution >= 0.6 is 11.6 Å². The van der Waals surface area contributed by atoms with E-state index in [1.165, 1.54) is 18.5 Å². The lowest BCUT2D eigenvalue weighted by atomic mass is 10.2. The fourth-order valence-corrected chi connectivity index (χ4v) is 2.10. The van der Waals surface area contributed by atoms with Gasteiger partial charge in [-0.1, -0.05) is 29.8 Å². The van der Waals surface area contributed by atoms with Gasteiger partial charge in [-0.3, -0.25) is 0 Å². The predicted molar refractivity (Wildman–Crippen MR) is 75.3 cm³/mol. The molecular weight excluding hydrogens is 279 g/mol. The smallest absolute Gasteiger partial charge is 0.224 e. The van der Waals surface area contributed by atoms with Crippen molar-refractivity contribution in [3.05, 3.63) is 65.2 Å². The van der Waals surface area contributed by atoms with Gasteiger partial charge in [0.2, 0.25) is 5.88 Å². The number of ether oxygens (including phenoxy) is 1. The van der Waals surface area contributed by atoms with Crippen molar-refractivity contribution in [1.82, 2.24) is 9.97 Å². The molecule has 0 aliphatic rings. The molecule has 2 aromatic carbocycles. The first kappa shape index (κ1) is 12.8. The Labute approximate surface area is 120 Å². The van der Waals surface area contributed by atoms with E-state index in [9.17, 15) is 4.39 Å². The molecule has 0 bridgehead atoms. The summed E-state index contributed by atoms with van der Waals surface area (Å²) in [5.41, 5.74) is 1.51. The van der Waals surface area contributed by atoms with Gasteiger partial charge in [-0.05, 0) is 24.3 Å². The molecule has 0 spiro atoms. The molecule has 3 aromatic rings. The Bertz CT molecular complexity index is 758. The van der Waals surface area contributed by atoms with Crippen LogP contribution in [-0.4, -0.2) is 9.97 Å². The number of nitrogens with zero attached hydrogens (tertiary/aromatic N) is 2. The van der Waals surface area contributed by atoms with E-state index < -0.39 is 0 Å². The van der Waals surface area contributed by atoms with Gasteiger partial charge in [0.1, 0.15) is 18.8 Å². The summed E-state index contributed by atoms with van der Waals surface area (Å²) in [5.74, 6) is 0.113. The molecule has 1 heterocycles. The van der Waals surface area contributed by atoms with E-state index in [-0.39, 0.29) is 12.4 Å². The molecule has 0 unspecified atom stereocenters. The van der Waals surface area contributed by atoms with Crippen LogP contribution in [0.15, 0.2) is 48.8 Å². The van der Waals surface area contributed by atoms with Crippen LogP contribution in [-0.2, 0) is 6.61 Å². The summed E-state index contributed by atoms with van der Waals surface area (Å²) in [4.78, 5) is 8.28. The number of halogens is 2. The fourth-order valence-electron chi connectivity index (χ4n) is 1.88. The minimum Gasteiger partial charge on any atom is -0.472 e. The molecule has 5 heteroatoms. The highest BCUT2D eigenvalue weighted by Crippen LogP contribution is 2.23. The van der Waals surface area contributed by atoms with E-state index in [1.54, 1.807) is 6.07 Å². The maximum atomic E-state index is 13.0. The van der Waals surface area contributed by atoms with Crippen LogP contribution in [0, 0.1) is 5.82 Å².